The predicted molar refractivity (Wildman–Crippen MR) is 45.7 cm³/mol. The standard InChI is InChI=1S/C8H8BNO/c9-5-8(11)6-2-1-3-7(10)4-6/h1-4H,5,10H2. The number of hydrogen-bond acceptors (Lipinski definition) is 2. The lowest BCUT2D eigenvalue weighted by Crippen LogP contribution is -1.98. The van der Waals surface area contributed by atoms with E-state index in [1.165, 1.54) is 0 Å². The van der Waals surface area contributed by atoms with Gasteiger partial charge in [-0.15, -0.1) is 0 Å². The van der Waals surface area contributed by atoms with Gasteiger partial charge >= 0.3 is 0 Å². The van der Waals surface area contributed by atoms with Crippen molar-refractivity contribution in [2.24, 2.45) is 0 Å². The average molecular weight is 145 g/mol. The molecule has 0 bridgehead atoms. The molecule has 1 aromatic rings. The van der Waals surface area contributed by atoms with E-state index >= 15 is 0 Å². The molecule has 11 heavy (non-hydrogen) atoms. The largest absolute Gasteiger partial charge is 0.399 e. The zero-order valence-electron chi connectivity index (χ0n) is 6.08. The number of hydrogen-bond donors (Lipinski definition) is 1. The fraction of sp³-hybridized carbons (Fsp3) is 0.125. The van der Waals surface area contributed by atoms with E-state index in [9.17, 15) is 4.79 Å². The molecule has 0 fully saturated rings. The second kappa shape index (κ2) is 3.24. The molecule has 0 aliphatic heterocycles. The molecule has 0 amide bonds. The molecule has 0 unspecified atom stereocenters. The highest BCUT2D eigenvalue weighted by Crippen LogP contribution is 2.07. The number of benzene rings is 1. The number of rotatable bonds is 2. The van der Waals surface area contributed by atoms with E-state index in [-0.39, 0.29) is 12.1 Å². The molecule has 0 aliphatic rings. The maximum Gasteiger partial charge on any atom is 0.154 e. The fourth-order valence-corrected chi connectivity index (χ4v) is 0.830. The molecule has 0 spiro atoms. The maximum absolute atomic E-state index is 11.0. The minimum Gasteiger partial charge on any atom is -0.399 e. The molecule has 0 aliphatic carbocycles. The summed E-state index contributed by atoms with van der Waals surface area (Å²) in [5.74, 6) is -0.0858. The summed E-state index contributed by atoms with van der Waals surface area (Å²) in [5, 5.41) is 0. The highest BCUT2D eigenvalue weighted by molar-refractivity contribution is 6.24. The normalized spacial score (nSPS) is 9.45. The Kier molecular flexibility index (Phi) is 2.31. The Bertz CT molecular complexity index is 273. The van der Waals surface area contributed by atoms with Gasteiger partial charge < -0.3 is 5.73 Å². The summed E-state index contributed by atoms with van der Waals surface area (Å²) in [5.41, 5.74) is 6.62. The van der Waals surface area contributed by atoms with E-state index < -0.39 is 0 Å². The molecule has 0 heterocycles. The third-order valence-electron chi connectivity index (χ3n) is 1.39. The second-order valence-electron chi connectivity index (χ2n) is 2.25. The van der Waals surface area contributed by atoms with Crippen LogP contribution < -0.4 is 5.73 Å². The monoisotopic (exact) mass is 145 g/mol. The molecule has 2 nitrogen and oxygen atoms in total. The van der Waals surface area contributed by atoms with Gasteiger partial charge in [-0.3, -0.25) is 4.79 Å². The summed E-state index contributed by atoms with van der Waals surface area (Å²) < 4.78 is 0. The summed E-state index contributed by atoms with van der Waals surface area (Å²) in [6, 6.07) is 6.78. The number of nitrogen functional groups attached to an aromatic ring is 1. The first-order valence-electron chi connectivity index (χ1n) is 3.33. The molecule has 1 aromatic carbocycles. The molecule has 3 heteroatoms. The van der Waals surface area contributed by atoms with Gasteiger partial charge in [0, 0.05) is 11.3 Å². The van der Waals surface area contributed by atoms with Crippen molar-refractivity contribution in [2.45, 2.75) is 6.32 Å². The Morgan fingerprint density at radius 3 is 2.82 bits per heavy atom. The molecule has 0 atom stereocenters. The minimum atomic E-state index is -0.0858. The van der Waals surface area contributed by atoms with Crippen LogP contribution in [0.2, 0.25) is 6.32 Å². The number of carbonyl (C=O) groups is 1. The van der Waals surface area contributed by atoms with Crippen LogP contribution >= 0.6 is 0 Å². The third-order valence-corrected chi connectivity index (χ3v) is 1.39. The van der Waals surface area contributed by atoms with Crippen LogP contribution in [0.15, 0.2) is 24.3 Å². The summed E-state index contributed by atoms with van der Waals surface area (Å²) >= 11 is 0. The molecule has 0 saturated heterocycles. The summed E-state index contributed by atoms with van der Waals surface area (Å²) in [6.45, 7) is 0. The van der Waals surface area contributed by atoms with E-state index in [4.69, 9.17) is 13.6 Å². The topological polar surface area (TPSA) is 43.1 Å². The fourth-order valence-electron chi connectivity index (χ4n) is 0.830. The Labute approximate surface area is 66.8 Å². The Balaban J connectivity index is 2.96. The number of nitrogens with two attached hydrogens (primary N) is 1. The lowest BCUT2D eigenvalue weighted by Gasteiger charge is -1.97. The lowest BCUT2D eigenvalue weighted by molar-refractivity contribution is 0.101. The van der Waals surface area contributed by atoms with Crippen molar-refractivity contribution in [1.29, 1.82) is 0 Å². The first-order chi connectivity index (χ1) is 5.24. The molecule has 2 N–H and O–H groups in total. The van der Waals surface area contributed by atoms with E-state index in [2.05, 4.69) is 0 Å². The van der Waals surface area contributed by atoms with Crippen LogP contribution in [0.4, 0.5) is 5.69 Å². The first kappa shape index (κ1) is 7.86. The van der Waals surface area contributed by atoms with Crippen molar-refractivity contribution >= 4 is 19.3 Å². The van der Waals surface area contributed by atoms with Crippen molar-refractivity contribution < 1.29 is 4.79 Å². The SMILES string of the molecule is [B]CC(=O)c1cccc(N)c1. The van der Waals surface area contributed by atoms with Crippen molar-refractivity contribution in [3.05, 3.63) is 29.8 Å². The van der Waals surface area contributed by atoms with Crippen LogP contribution in [0, 0.1) is 0 Å². The Hall–Kier alpha value is -1.25. The van der Waals surface area contributed by atoms with Crippen LogP contribution in [-0.2, 0) is 0 Å². The van der Waals surface area contributed by atoms with Crippen LogP contribution in [0.1, 0.15) is 10.4 Å². The maximum atomic E-state index is 11.0. The van der Waals surface area contributed by atoms with Gasteiger partial charge in [-0.05, 0) is 18.5 Å². The van der Waals surface area contributed by atoms with Crippen molar-refractivity contribution in [3.63, 3.8) is 0 Å². The first-order valence-corrected chi connectivity index (χ1v) is 3.33. The van der Waals surface area contributed by atoms with Crippen molar-refractivity contribution in [2.75, 3.05) is 5.73 Å². The smallest absolute Gasteiger partial charge is 0.154 e. The number of ketones is 1. The molecule has 0 saturated carbocycles. The highest BCUT2D eigenvalue weighted by Gasteiger charge is 2.00. The van der Waals surface area contributed by atoms with E-state index in [0.717, 1.165) is 0 Å². The lowest BCUT2D eigenvalue weighted by atomic mass is 9.96. The zero-order chi connectivity index (χ0) is 8.27. The van der Waals surface area contributed by atoms with E-state index in [1.54, 1.807) is 24.3 Å². The minimum absolute atomic E-state index is 0.0312. The number of Topliss-reactive ketones (excluding diaryl/α,β-unsaturated/α-hetero) is 1. The molecule has 54 valence electrons. The number of anilines is 1. The average Bonchev–Trinajstić information content (AvgIpc) is 2.03. The molecule has 2 radical (unpaired) electrons. The Morgan fingerprint density at radius 2 is 2.27 bits per heavy atom. The van der Waals surface area contributed by atoms with Crippen molar-refractivity contribution in [1.82, 2.24) is 0 Å². The van der Waals surface area contributed by atoms with E-state index in [1.807, 2.05) is 0 Å². The second-order valence-corrected chi connectivity index (χ2v) is 2.25. The van der Waals surface area contributed by atoms with Gasteiger partial charge in [0.25, 0.3) is 0 Å². The van der Waals surface area contributed by atoms with Gasteiger partial charge in [0.2, 0.25) is 0 Å². The van der Waals surface area contributed by atoms with Gasteiger partial charge in [0.05, 0.1) is 7.85 Å². The van der Waals surface area contributed by atoms with Crippen LogP contribution in [0.25, 0.3) is 0 Å². The molecular weight excluding hydrogens is 137 g/mol. The summed E-state index contributed by atoms with van der Waals surface area (Å²) in [7, 11) is 5.16. The summed E-state index contributed by atoms with van der Waals surface area (Å²) in [4.78, 5) is 11.0. The van der Waals surface area contributed by atoms with E-state index in [0.29, 0.717) is 11.3 Å². The van der Waals surface area contributed by atoms with Gasteiger partial charge in [-0.2, -0.15) is 0 Å². The predicted octanol–water partition coefficient (Wildman–Crippen LogP) is 1.04. The van der Waals surface area contributed by atoms with Crippen LogP contribution in [-0.4, -0.2) is 13.6 Å². The van der Waals surface area contributed by atoms with Gasteiger partial charge in [0.1, 0.15) is 0 Å². The van der Waals surface area contributed by atoms with Gasteiger partial charge in [0.15, 0.2) is 5.78 Å². The number of carbonyl (C=O) groups excluding carboxylic acids is 1. The van der Waals surface area contributed by atoms with Crippen LogP contribution in [0.3, 0.4) is 0 Å². The van der Waals surface area contributed by atoms with Crippen molar-refractivity contribution in [3.8, 4) is 0 Å². The Morgan fingerprint density at radius 1 is 1.55 bits per heavy atom. The third kappa shape index (κ3) is 1.83. The van der Waals surface area contributed by atoms with Gasteiger partial charge in [-0.1, -0.05) is 12.1 Å². The molecule has 1 rings (SSSR count). The highest BCUT2D eigenvalue weighted by atomic mass is 16.1. The quantitative estimate of drug-likeness (QED) is 0.383. The summed E-state index contributed by atoms with van der Waals surface area (Å²) in [6.07, 6.45) is 0.0312. The van der Waals surface area contributed by atoms with Crippen LogP contribution in [0.5, 0.6) is 0 Å². The molecule has 0 aromatic heterocycles. The van der Waals surface area contributed by atoms with Gasteiger partial charge in [-0.25, -0.2) is 0 Å². The zero-order valence-corrected chi connectivity index (χ0v) is 6.08. The molecular formula is C8H8BNO.